The molecule has 1 aliphatic heterocycles. The van der Waals surface area contributed by atoms with Crippen molar-refractivity contribution in [1.82, 2.24) is 4.57 Å². The molecule has 39 heavy (non-hydrogen) atoms. The summed E-state index contributed by atoms with van der Waals surface area (Å²) >= 11 is 0. The van der Waals surface area contributed by atoms with Crippen LogP contribution in [0.15, 0.2) is 66.7 Å². The number of fused-ring (bicyclic) bond motifs is 2. The van der Waals surface area contributed by atoms with Crippen LogP contribution in [-0.4, -0.2) is 43.4 Å². The van der Waals surface area contributed by atoms with Crippen LogP contribution in [-0.2, 0) is 21.6 Å². The average molecular weight is 527 g/mol. The fourth-order valence-corrected chi connectivity index (χ4v) is 6.06. The molecule has 6 nitrogen and oxygen atoms in total. The minimum absolute atomic E-state index is 0.327. The quantitative estimate of drug-likeness (QED) is 0.161. The van der Waals surface area contributed by atoms with Crippen molar-refractivity contribution >= 4 is 22.6 Å². The van der Waals surface area contributed by atoms with Gasteiger partial charge in [0.1, 0.15) is 5.75 Å². The van der Waals surface area contributed by atoms with Gasteiger partial charge < -0.3 is 23.7 Å². The number of nitrogens with zero attached hydrogens (tertiary/aromatic N) is 2. The van der Waals surface area contributed by atoms with Gasteiger partial charge >= 0.3 is 5.97 Å². The highest BCUT2D eigenvalue weighted by molar-refractivity contribution is 5.99. The molecule has 0 bridgehead atoms. The molecule has 0 radical (unpaired) electrons. The van der Waals surface area contributed by atoms with E-state index in [2.05, 4.69) is 66.6 Å². The summed E-state index contributed by atoms with van der Waals surface area (Å²) in [5.74, 6) is 0.392. The Morgan fingerprint density at radius 2 is 1.64 bits per heavy atom. The highest BCUT2D eigenvalue weighted by atomic mass is 16.6. The molecule has 4 aromatic rings. The summed E-state index contributed by atoms with van der Waals surface area (Å²) in [4.78, 5) is 15.8. The monoisotopic (exact) mass is 526 g/mol. The normalized spacial score (nSPS) is 16.4. The maximum Gasteiger partial charge on any atom is 0.340 e. The third-order valence-corrected chi connectivity index (χ3v) is 7.79. The van der Waals surface area contributed by atoms with Crippen LogP contribution in [0.25, 0.3) is 10.9 Å². The van der Waals surface area contributed by atoms with E-state index < -0.39 is 5.60 Å². The number of carbonyl (C=O) groups excluding carboxylic acids is 1. The van der Waals surface area contributed by atoms with Crippen molar-refractivity contribution in [2.75, 3.05) is 37.8 Å². The van der Waals surface area contributed by atoms with Gasteiger partial charge in [-0.15, -0.1) is 0 Å². The van der Waals surface area contributed by atoms with E-state index in [0.717, 1.165) is 57.8 Å². The Morgan fingerprint density at radius 1 is 0.897 bits per heavy atom. The van der Waals surface area contributed by atoms with Crippen LogP contribution in [0.4, 0.5) is 5.69 Å². The van der Waals surface area contributed by atoms with Crippen LogP contribution in [0.3, 0.4) is 0 Å². The Bertz CT molecular complexity index is 1490. The van der Waals surface area contributed by atoms with Gasteiger partial charge in [-0.25, -0.2) is 4.79 Å². The number of rotatable bonds is 11. The van der Waals surface area contributed by atoms with Gasteiger partial charge in [0, 0.05) is 71.3 Å². The van der Waals surface area contributed by atoms with Crippen LogP contribution in [0, 0.1) is 6.92 Å². The van der Waals surface area contributed by atoms with Crippen molar-refractivity contribution in [3.63, 3.8) is 0 Å². The second kappa shape index (κ2) is 11.1. The predicted molar refractivity (Wildman–Crippen MR) is 156 cm³/mol. The molecular formula is C33H38N2O4. The number of para-hydroxylation sites is 1. The summed E-state index contributed by atoms with van der Waals surface area (Å²) < 4.78 is 20.9. The van der Waals surface area contributed by atoms with E-state index >= 15 is 0 Å². The number of esters is 1. The lowest BCUT2D eigenvalue weighted by molar-refractivity contribution is 0.0245. The van der Waals surface area contributed by atoms with Crippen LogP contribution in [0.5, 0.6) is 5.75 Å². The van der Waals surface area contributed by atoms with E-state index in [0.29, 0.717) is 31.9 Å². The highest BCUT2D eigenvalue weighted by Gasteiger charge is 2.52. The highest BCUT2D eigenvalue weighted by Crippen LogP contribution is 2.53. The third kappa shape index (κ3) is 4.37. The minimum Gasteiger partial charge on any atom is -0.493 e. The number of cyclic esters (lactones) is 1. The van der Waals surface area contributed by atoms with Crippen molar-refractivity contribution in [2.45, 2.75) is 46.8 Å². The van der Waals surface area contributed by atoms with Gasteiger partial charge in [0.15, 0.2) is 5.60 Å². The maximum atomic E-state index is 13.5. The first-order valence-corrected chi connectivity index (χ1v) is 14.0. The summed E-state index contributed by atoms with van der Waals surface area (Å²) in [7, 11) is 0. The lowest BCUT2D eigenvalue weighted by Gasteiger charge is -2.33. The zero-order chi connectivity index (χ0) is 27.6. The number of carbonyl (C=O) groups is 1. The molecule has 0 fully saturated rings. The molecule has 0 aliphatic carbocycles. The van der Waals surface area contributed by atoms with Crippen LogP contribution >= 0.6 is 0 Å². The lowest BCUT2D eigenvalue weighted by atomic mass is 9.78. The van der Waals surface area contributed by atoms with E-state index in [1.165, 1.54) is 0 Å². The van der Waals surface area contributed by atoms with E-state index in [9.17, 15) is 4.79 Å². The molecule has 5 rings (SSSR count). The Balaban J connectivity index is 1.85. The molecule has 0 spiro atoms. The first-order valence-electron chi connectivity index (χ1n) is 14.0. The Hall–Kier alpha value is -3.77. The van der Waals surface area contributed by atoms with Gasteiger partial charge in [-0.05, 0) is 58.9 Å². The fourth-order valence-electron chi connectivity index (χ4n) is 6.06. The summed E-state index contributed by atoms with van der Waals surface area (Å²) in [6.07, 6.45) is 0. The van der Waals surface area contributed by atoms with Crippen LogP contribution < -0.4 is 9.64 Å². The number of hydrogen-bond donors (Lipinski definition) is 0. The lowest BCUT2D eigenvalue weighted by Crippen LogP contribution is -2.31. The largest absolute Gasteiger partial charge is 0.493 e. The fraction of sp³-hybridized carbons (Fsp3) is 0.364. The van der Waals surface area contributed by atoms with E-state index in [-0.39, 0.29) is 5.97 Å². The smallest absolute Gasteiger partial charge is 0.340 e. The summed E-state index contributed by atoms with van der Waals surface area (Å²) in [5, 5.41) is 1.05. The zero-order valence-corrected chi connectivity index (χ0v) is 23.6. The number of aromatic nitrogens is 1. The van der Waals surface area contributed by atoms with Gasteiger partial charge in [-0.3, -0.25) is 0 Å². The Morgan fingerprint density at radius 3 is 2.38 bits per heavy atom. The predicted octanol–water partition coefficient (Wildman–Crippen LogP) is 6.69. The molecule has 1 aromatic heterocycles. The first kappa shape index (κ1) is 26.8. The zero-order valence-electron chi connectivity index (χ0n) is 23.6. The van der Waals surface area contributed by atoms with Gasteiger partial charge in [0.25, 0.3) is 0 Å². The second-order valence-corrected chi connectivity index (χ2v) is 9.73. The molecular weight excluding hydrogens is 488 g/mol. The van der Waals surface area contributed by atoms with Crippen molar-refractivity contribution in [2.24, 2.45) is 0 Å². The average Bonchev–Trinajstić information content (AvgIpc) is 3.41. The summed E-state index contributed by atoms with van der Waals surface area (Å²) in [6.45, 7) is 14.6. The first-order chi connectivity index (χ1) is 19.0. The maximum absolute atomic E-state index is 13.5. The van der Waals surface area contributed by atoms with Gasteiger partial charge in [-0.1, -0.05) is 36.4 Å². The Labute approximate surface area is 231 Å². The van der Waals surface area contributed by atoms with Gasteiger partial charge in [0.05, 0.1) is 18.8 Å². The number of hydrogen-bond acceptors (Lipinski definition) is 5. The number of ether oxygens (including phenoxy) is 3. The van der Waals surface area contributed by atoms with Gasteiger partial charge in [0.2, 0.25) is 0 Å². The molecule has 6 heteroatoms. The molecule has 2 heterocycles. The second-order valence-electron chi connectivity index (χ2n) is 9.73. The minimum atomic E-state index is -1.17. The van der Waals surface area contributed by atoms with Crippen molar-refractivity contribution in [1.29, 1.82) is 0 Å². The molecule has 1 atom stereocenters. The molecule has 1 unspecified atom stereocenters. The van der Waals surface area contributed by atoms with E-state index in [1.54, 1.807) is 0 Å². The van der Waals surface area contributed by atoms with E-state index in [1.807, 2.05) is 44.2 Å². The van der Waals surface area contributed by atoms with Crippen LogP contribution in [0.1, 0.15) is 60.4 Å². The van der Waals surface area contributed by atoms with Crippen molar-refractivity contribution in [3.05, 3.63) is 94.7 Å². The van der Waals surface area contributed by atoms with Crippen LogP contribution in [0.2, 0.25) is 0 Å². The van der Waals surface area contributed by atoms with E-state index in [4.69, 9.17) is 14.2 Å². The SMILES string of the molecule is CCOCCn1c(C)c(C2(c3ccc(N(CC)CC)cc3OCC)OC(=O)c3ccccc32)c2ccccc21. The molecule has 0 saturated heterocycles. The summed E-state index contributed by atoms with van der Waals surface area (Å²) in [6, 6.07) is 22.4. The molecule has 0 N–H and O–H groups in total. The number of anilines is 1. The molecule has 3 aromatic carbocycles. The number of benzene rings is 3. The third-order valence-electron chi connectivity index (χ3n) is 7.79. The summed E-state index contributed by atoms with van der Waals surface area (Å²) in [5.41, 5.74) is 5.24. The van der Waals surface area contributed by atoms with Crippen molar-refractivity contribution < 1.29 is 19.0 Å². The molecule has 1 aliphatic rings. The van der Waals surface area contributed by atoms with Crippen molar-refractivity contribution in [3.8, 4) is 5.75 Å². The molecule has 0 amide bonds. The Kier molecular flexibility index (Phi) is 7.67. The molecule has 204 valence electrons. The molecule has 0 saturated carbocycles. The standard InChI is InChI=1S/C33H38N2O4/c1-6-34(7-2)24-18-19-28(30(22-24)38-9-4)33(27-16-12-10-14-25(27)32(36)39-33)31-23(5)35(20-21-37-8-3)29-17-13-11-15-26(29)31/h10-19,22H,6-9,20-21H2,1-5H3. The van der Waals surface area contributed by atoms with Gasteiger partial charge in [-0.2, -0.15) is 0 Å². The topological polar surface area (TPSA) is 52.9 Å².